The van der Waals surface area contributed by atoms with Gasteiger partial charge in [-0.3, -0.25) is 14.9 Å². The van der Waals surface area contributed by atoms with Gasteiger partial charge >= 0.3 is 0 Å². The van der Waals surface area contributed by atoms with E-state index >= 15 is 0 Å². The van der Waals surface area contributed by atoms with Crippen molar-refractivity contribution >= 4 is 18.2 Å². The van der Waals surface area contributed by atoms with Crippen LogP contribution in [0.15, 0.2) is 47.6 Å². The minimum atomic E-state index is -0.285. The molecule has 6 heteroatoms. The number of carbonyl (C=O) groups is 1. The molecule has 0 spiro atoms. The lowest BCUT2D eigenvalue weighted by atomic mass is 9.88. The van der Waals surface area contributed by atoms with Crippen molar-refractivity contribution in [1.82, 2.24) is 15.1 Å². The molecule has 1 amide bonds. The van der Waals surface area contributed by atoms with Gasteiger partial charge in [0.1, 0.15) is 11.5 Å². The van der Waals surface area contributed by atoms with E-state index in [-0.39, 0.29) is 17.6 Å². The molecule has 1 saturated heterocycles. The lowest BCUT2D eigenvalue weighted by molar-refractivity contribution is -0.130. The summed E-state index contributed by atoms with van der Waals surface area (Å²) in [5.41, 5.74) is 4.50. The SMILES string of the molecule is C=N/C=C\C(=C/C)c1c(-c2ccc(F)cc2)n[nH]c1C1CCCN(C(C)=O)C1. The van der Waals surface area contributed by atoms with Crippen molar-refractivity contribution < 1.29 is 9.18 Å². The molecule has 2 aromatic rings. The number of allylic oxidation sites excluding steroid dienone is 3. The van der Waals surface area contributed by atoms with Crippen molar-refractivity contribution in [3.8, 4) is 11.3 Å². The molecule has 2 heterocycles. The Morgan fingerprint density at radius 3 is 2.79 bits per heavy atom. The van der Waals surface area contributed by atoms with Crippen molar-refractivity contribution in [2.24, 2.45) is 4.99 Å². The summed E-state index contributed by atoms with van der Waals surface area (Å²) in [6.45, 7) is 8.52. The second kappa shape index (κ2) is 8.78. The summed E-state index contributed by atoms with van der Waals surface area (Å²) in [6, 6.07) is 6.32. The predicted molar refractivity (Wildman–Crippen MR) is 111 cm³/mol. The molecule has 1 fully saturated rings. The third kappa shape index (κ3) is 4.11. The highest BCUT2D eigenvalue weighted by molar-refractivity contribution is 5.85. The highest BCUT2D eigenvalue weighted by atomic mass is 19.1. The van der Waals surface area contributed by atoms with Gasteiger partial charge in [-0.25, -0.2) is 4.39 Å². The number of aromatic nitrogens is 2. The molecule has 1 N–H and O–H groups in total. The molecule has 1 unspecified atom stereocenters. The summed E-state index contributed by atoms with van der Waals surface area (Å²) in [4.78, 5) is 17.6. The first-order valence-electron chi connectivity index (χ1n) is 9.44. The van der Waals surface area contributed by atoms with Gasteiger partial charge in [-0.2, -0.15) is 5.10 Å². The zero-order valence-corrected chi connectivity index (χ0v) is 16.3. The number of hydrogen-bond acceptors (Lipinski definition) is 3. The van der Waals surface area contributed by atoms with Gasteiger partial charge in [0.25, 0.3) is 0 Å². The Kier molecular flexibility index (Phi) is 6.19. The highest BCUT2D eigenvalue weighted by Crippen LogP contribution is 2.37. The molecule has 1 aromatic carbocycles. The number of rotatable bonds is 5. The van der Waals surface area contributed by atoms with Gasteiger partial charge < -0.3 is 4.90 Å². The average molecular weight is 380 g/mol. The first kappa shape index (κ1) is 19.7. The number of benzene rings is 1. The second-order valence-corrected chi connectivity index (χ2v) is 6.91. The van der Waals surface area contributed by atoms with E-state index in [1.807, 2.05) is 24.0 Å². The monoisotopic (exact) mass is 380 g/mol. The highest BCUT2D eigenvalue weighted by Gasteiger charge is 2.28. The third-order valence-corrected chi connectivity index (χ3v) is 5.15. The van der Waals surface area contributed by atoms with Crippen LogP contribution < -0.4 is 0 Å². The van der Waals surface area contributed by atoms with Gasteiger partial charge in [0.05, 0.1) is 0 Å². The Morgan fingerprint density at radius 1 is 1.39 bits per heavy atom. The summed E-state index contributed by atoms with van der Waals surface area (Å²) in [7, 11) is 0. The Balaban J connectivity index is 2.09. The van der Waals surface area contributed by atoms with Crippen LogP contribution in [0.4, 0.5) is 4.39 Å². The van der Waals surface area contributed by atoms with E-state index in [2.05, 4.69) is 21.9 Å². The van der Waals surface area contributed by atoms with Crippen LogP contribution in [0.1, 0.15) is 43.9 Å². The fourth-order valence-corrected chi connectivity index (χ4v) is 3.72. The third-order valence-electron chi connectivity index (χ3n) is 5.15. The first-order valence-corrected chi connectivity index (χ1v) is 9.44. The molecule has 0 radical (unpaired) electrons. The smallest absolute Gasteiger partial charge is 0.219 e. The van der Waals surface area contributed by atoms with E-state index in [1.54, 1.807) is 25.3 Å². The summed E-state index contributed by atoms with van der Waals surface area (Å²) in [5.74, 6) is -0.0339. The molecule has 0 bridgehead atoms. The first-order chi connectivity index (χ1) is 13.5. The number of halogens is 1. The Morgan fingerprint density at radius 2 is 2.14 bits per heavy atom. The van der Waals surface area contributed by atoms with Crippen LogP contribution in [0.2, 0.25) is 0 Å². The molecular formula is C22H25FN4O. The van der Waals surface area contributed by atoms with E-state index in [9.17, 15) is 9.18 Å². The topological polar surface area (TPSA) is 61.4 Å². The van der Waals surface area contributed by atoms with Gasteiger partial charge in [-0.1, -0.05) is 6.08 Å². The summed E-state index contributed by atoms with van der Waals surface area (Å²) < 4.78 is 13.4. The molecule has 1 aromatic heterocycles. The molecule has 1 atom stereocenters. The number of piperidine rings is 1. The normalized spacial score (nSPS) is 17.9. The van der Waals surface area contributed by atoms with Gasteiger partial charge in [-0.05, 0) is 62.4 Å². The van der Waals surface area contributed by atoms with E-state index in [1.165, 1.54) is 12.1 Å². The molecule has 5 nitrogen and oxygen atoms in total. The quantitative estimate of drug-likeness (QED) is 0.611. The lowest BCUT2D eigenvalue weighted by Crippen LogP contribution is -2.37. The van der Waals surface area contributed by atoms with E-state index in [0.717, 1.165) is 47.5 Å². The van der Waals surface area contributed by atoms with Crippen molar-refractivity contribution in [1.29, 1.82) is 0 Å². The number of H-pyrrole nitrogens is 1. The number of likely N-dealkylation sites (tertiary alicyclic amines) is 1. The number of aromatic amines is 1. The van der Waals surface area contributed by atoms with Gasteiger partial charge in [-0.15, -0.1) is 0 Å². The molecule has 1 aliphatic heterocycles. The predicted octanol–water partition coefficient (Wildman–Crippen LogP) is 4.56. The van der Waals surface area contributed by atoms with Crippen molar-refractivity contribution in [2.45, 2.75) is 32.6 Å². The zero-order chi connectivity index (χ0) is 20.1. The van der Waals surface area contributed by atoms with Crippen LogP contribution in [0, 0.1) is 5.82 Å². The molecule has 1 aliphatic rings. The van der Waals surface area contributed by atoms with Crippen LogP contribution in [0.5, 0.6) is 0 Å². The number of nitrogens with zero attached hydrogens (tertiary/aromatic N) is 3. The van der Waals surface area contributed by atoms with E-state index in [4.69, 9.17) is 0 Å². The number of carbonyl (C=O) groups excluding carboxylic acids is 1. The maximum absolute atomic E-state index is 13.4. The number of amides is 1. The Labute approximate surface area is 164 Å². The fraction of sp³-hybridized carbons (Fsp3) is 0.318. The second-order valence-electron chi connectivity index (χ2n) is 6.91. The maximum atomic E-state index is 13.4. The summed E-state index contributed by atoms with van der Waals surface area (Å²) in [5, 5.41) is 7.77. The minimum Gasteiger partial charge on any atom is -0.342 e. The van der Waals surface area contributed by atoms with Crippen LogP contribution in [0.3, 0.4) is 0 Å². The van der Waals surface area contributed by atoms with Crippen LogP contribution in [-0.2, 0) is 4.79 Å². The summed E-state index contributed by atoms with van der Waals surface area (Å²) in [6.07, 6.45) is 7.45. The van der Waals surface area contributed by atoms with Crippen molar-refractivity contribution in [2.75, 3.05) is 13.1 Å². The molecule has 3 rings (SSSR count). The maximum Gasteiger partial charge on any atom is 0.219 e. The van der Waals surface area contributed by atoms with Crippen molar-refractivity contribution in [3.63, 3.8) is 0 Å². The number of hydrogen-bond donors (Lipinski definition) is 1. The number of aliphatic imine (C=N–C) groups is 1. The molecule has 146 valence electrons. The van der Waals surface area contributed by atoms with Crippen molar-refractivity contribution in [3.05, 3.63) is 59.7 Å². The average Bonchev–Trinajstić information content (AvgIpc) is 3.14. The zero-order valence-electron chi connectivity index (χ0n) is 16.3. The van der Waals surface area contributed by atoms with Gasteiger partial charge in [0, 0.05) is 49.0 Å². The van der Waals surface area contributed by atoms with Crippen LogP contribution >= 0.6 is 0 Å². The molecule has 28 heavy (non-hydrogen) atoms. The van der Waals surface area contributed by atoms with Crippen LogP contribution in [0.25, 0.3) is 16.8 Å². The van der Waals surface area contributed by atoms with Gasteiger partial charge in [0.2, 0.25) is 5.91 Å². The van der Waals surface area contributed by atoms with Gasteiger partial charge in [0.15, 0.2) is 0 Å². The largest absolute Gasteiger partial charge is 0.342 e. The molecular weight excluding hydrogens is 355 g/mol. The molecule has 0 aliphatic carbocycles. The van der Waals surface area contributed by atoms with E-state index in [0.29, 0.717) is 6.54 Å². The minimum absolute atomic E-state index is 0.0894. The fourth-order valence-electron chi connectivity index (χ4n) is 3.72. The van der Waals surface area contributed by atoms with Crippen LogP contribution in [-0.4, -0.2) is 40.8 Å². The summed E-state index contributed by atoms with van der Waals surface area (Å²) >= 11 is 0. The Hall–Kier alpha value is -3.02. The molecule has 0 saturated carbocycles. The number of nitrogens with one attached hydrogen (secondary N) is 1. The lowest BCUT2D eigenvalue weighted by Gasteiger charge is -2.32. The standard InChI is InChI=1S/C22H25FN4O/c1-4-16(11-12-24-3)20-21(17-7-9-19(23)10-8-17)25-26-22(20)18-6-5-13-27(14-18)15(2)28/h4,7-12,18H,3,5-6,13-14H2,1-2H3,(H,25,26)/b12-11-,16-4+. The Bertz CT molecular complexity index is 911. The van der Waals surface area contributed by atoms with E-state index < -0.39 is 0 Å².